The summed E-state index contributed by atoms with van der Waals surface area (Å²) in [5, 5.41) is 6.28. The van der Waals surface area contributed by atoms with Gasteiger partial charge in [0, 0.05) is 36.1 Å². The highest BCUT2D eigenvalue weighted by atomic mass is 19.1. The molecule has 0 unspecified atom stereocenters. The van der Waals surface area contributed by atoms with Crippen LogP contribution >= 0.6 is 0 Å². The minimum absolute atomic E-state index is 0.0306. The molecule has 7 heteroatoms. The zero-order valence-corrected chi connectivity index (χ0v) is 15.3. The molecule has 4 rings (SSSR count). The van der Waals surface area contributed by atoms with Crippen molar-refractivity contribution in [3.63, 3.8) is 0 Å². The summed E-state index contributed by atoms with van der Waals surface area (Å²) in [6.07, 6.45) is 9.13. The Bertz CT molecular complexity index is 943. The summed E-state index contributed by atoms with van der Waals surface area (Å²) in [6.45, 7) is 0. The van der Waals surface area contributed by atoms with E-state index in [1.165, 1.54) is 19.3 Å². The molecule has 0 atom stereocenters. The maximum absolute atomic E-state index is 14.1. The molecule has 5 nitrogen and oxygen atoms in total. The summed E-state index contributed by atoms with van der Waals surface area (Å²) in [5.74, 6) is -0.203. The Hall–Kier alpha value is -3.09. The van der Waals surface area contributed by atoms with Gasteiger partial charge in [-0.15, -0.1) is 0 Å². The lowest BCUT2D eigenvalue weighted by Gasteiger charge is -2.23. The number of nitrogens with one attached hydrogen (secondary N) is 2. The lowest BCUT2D eigenvalue weighted by atomic mass is 9.96. The minimum Gasteiger partial charge on any atom is -0.351 e. The van der Waals surface area contributed by atoms with Gasteiger partial charge in [0.1, 0.15) is 17.5 Å². The fraction of sp³-hybridized carbons (Fsp3) is 0.286. The van der Waals surface area contributed by atoms with Crippen LogP contribution in [0.4, 0.5) is 26.2 Å². The molecule has 144 valence electrons. The van der Waals surface area contributed by atoms with E-state index >= 15 is 0 Å². The zero-order chi connectivity index (χ0) is 19.3. The topological polar surface area (TPSA) is 62.7 Å². The van der Waals surface area contributed by atoms with E-state index in [9.17, 15) is 8.78 Å². The van der Waals surface area contributed by atoms with Crippen LogP contribution in [0.5, 0.6) is 0 Å². The first kappa shape index (κ1) is 18.3. The monoisotopic (exact) mass is 381 g/mol. The molecule has 1 aliphatic carbocycles. The number of rotatable bonds is 5. The van der Waals surface area contributed by atoms with Crippen LogP contribution in [-0.4, -0.2) is 21.0 Å². The second-order valence-electron chi connectivity index (χ2n) is 6.93. The van der Waals surface area contributed by atoms with Crippen molar-refractivity contribution in [2.24, 2.45) is 0 Å². The van der Waals surface area contributed by atoms with Crippen molar-refractivity contribution >= 4 is 17.5 Å². The summed E-state index contributed by atoms with van der Waals surface area (Å²) >= 11 is 0. The van der Waals surface area contributed by atoms with E-state index < -0.39 is 11.6 Å². The van der Waals surface area contributed by atoms with Crippen LogP contribution in [-0.2, 0) is 0 Å². The first-order chi connectivity index (χ1) is 13.7. The second-order valence-corrected chi connectivity index (χ2v) is 6.93. The van der Waals surface area contributed by atoms with E-state index in [0.29, 0.717) is 23.5 Å². The molecule has 0 saturated heterocycles. The van der Waals surface area contributed by atoms with E-state index in [0.717, 1.165) is 36.6 Å². The van der Waals surface area contributed by atoms with Crippen LogP contribution in [0.3, 0.4) is 0 Å². The molecule has 1 aliphatic rings. The van der Waals surface area contributed by atoms with Gasteiger partial charge in [-0.2, -0.15) is 4.98 Å². The zero-order valence-electron chi connectivity index (χ0n) is 15.3. The third-order valence-electron chi connectivity index (χ3n) is 4.83. The largest absolute Gasteiger partial charge is 0.351 e. The number of nitrogens with zero attached hydrogens (tertiary/aromatic N) is 3. The summed E-state index contributed by atoms with van der Waals surface area (Å²) in [7, 11) is 0. The van der Waals surface area contributed by atoms with Crippen molar-refractivity contribution in [1.29, 1.82) is 0 Å². The Labute approximate surface area is 162 Å². The van der Waals surface area contributed by atoms with E-state index in [1.54, 1.807) is 18.5 Å². The third-order valence-corrected chi connectivity index (χ3v) is 4.83. The van der Waals surface area contributed by atoms with Crippen molar-refractivity contribution < 1.29 is 8.78 Å². The first-order valence-corrected chi connectivity index (χ1v) is 9.45. The van der Waals surface area contributed by atoms with E-state index in [2.05, 4.69) is 25.6 Å². The molecule has 0 spiro atoms. The minimum atomic E-state index is -0.549. The molecule has 3 aromatic rings. The molecule has 0 radical (unpaired) electrons. The van der Waals surface area contributed by atoms with Crippen LogP contribution in [0.25, 0.3) is 11.3 Å². The molecule has 1 fully saturated rings. The molecular weight excluding hydrogens is 360 g/mol. The maximum atomic E-state index is 14.1. The highest BCUT2D eigenvalue weighted by molar-refractivity contribution is 5.67. The average Bonchev–Trinajstić information content (AvgIpc) is 2.72. The van der Waals surface area contributed by atoms with Gasteiger partial charge in [-0.1, -0.05) is 19.3 Å². The van der Waals surface area contributed by atoms with Crippen molar-refractivity contribution in [1.82, 2.24) is 15.0 Å². The van der Waals surface area contributed by atoms with Crippen molar-refractivity contribution in [3.05, 3.63) is 60.4 Å². The number of hydrogen-bond acceptors (Lipinski definition) is 5. The van der Waals surface area contributed by atoms with E-state index in [4.69, 9.17) is 0 Å². The average molecular weight is 381 g/mol. The Morgan fingerprint density at radius 3 is 2.46 bits per heavy atom. The van der Waals surface area contributed by atoms with Crippen LogP contribution in [0.1, 0.15) is 32.1 Å². The lowest BCUT2D eigenvalue weighted by Crippen LogP contribution is -2.23. The number of pyridine rings is 1. The summed E-state index contributed by atoms with van der Waals surface area (Å²) in [5.41, 5.74) is 1.57. The van der Waals surface area contributed by atoms with Crippen molar-refractivity contribution in [3.8, 4) is 11.3 Å². The number of anilines is 3. The molecule has 28 heavy (non-hydrogen) atoms. The van der Waals surface area contributed by atoms with Gasteiger partial charge in [0.05, 0.1) is 11.4 Å². The maximum Gasteiger partial charge on any atom is 0.225 e. The van der Waals surface area contributed by atoms with Crippen LogP contribution < -0.4 is 10.6 Å². The van der Waals surface area contributed by atoms with Crippen LogP contribution in [0.15, 0.2) is 48.8 Å². The molecule has 2 aromatic heterocycles. The summed E-state index contributed by atoms with van der Waals surface area (Å²) < 4.78 is 27.6. The number of halogens is 2. The number of hydrogen-bond donors (Lipinski definition) is 2. The SMILES string of the molecule is Fc1ccc(F)c(Nc2cc(-c3ccncc3)nc(NC3CCCCC3)n2)c1. The normalized spacial score (nSPS) is 14.6. The van der Waals surface area contributed by atoms with Gasteiger partial charge < -0.3 is 10.6 Å². The molecule has 0 amide bonds. The predicted octanol–water partition coefficient (Wildman–Crippen LogP) is 5.31. The van der Waals surface area contributed by atoms with Gasteiger partial charge in [-0.25, -0.2) is 13.8 Å². The van der Waals surface area contributed by atoms with E-state index in [1.807, 2.05) is 12.1 Å². The summed E-state index contributed by atoms with van der Waals surface area (Å²) in [6, 6.07) is 9.00. The number of benzene rings is 1. The third kappa shape index (κ3) is 4.42. The Balaban J connectivity index is 1.67. The van der Waals surface area contributed by atoms with Gasteiger partial charge in [0.25, 0.3) is 0 Å². The molecule has 2 heterocycles. The van der Waals surface area contributed by atoms with Gasteiger partial charge >= 0.3 is 0 Å². The van der Waals surface area contributed by atoms with Crippen LogP contribution in [0.2, 0.25) is 0 Å². The van der Waals surface area contributed by atoms with Crippen molar-refractivity contribution in [2.45, 2.75) is 38.1 Å². The standard InChI is InChI=1S/C21H21F2N5/c22-15-6-7-17(23)19(12-15)26-20-13-18(14-8-10-24-11-9-14)27-21(28-20)25-16-4-2-1-3-5-16/h6-13,16H,1-5H2,(H2,25,26,27,28). The molecular formula is C21H21F2N5. The predicted molar refractivity (Wildman–Crippen MR) is 105 cm³/mol. The molecule has 1 aromatic carbocycles. The molecule has 0 aliphatic heterocycles. The molecule has 2 N–H and O–H groups in total. The fourth-order valence-corrected chi connectivity index (χ4v) is 3.41. The second kappa shape index (κ2) is 8.29. The van der Waals surface area contributed by atoms with Gasteiger partial charge in [0.2, 0.25) is 5.95 Å². The van der Waals surface area contributed by atoms with Crippen LogP contribution in [0, 0.1) is 11.6 Å². The summed E-state index contributed by atoms with van der Waals surface area (Å²) in [4.78, 5) is 13.1. The fourth-order valence-electron chi connectivity index (χ4n) is 3.41. The Morgan fingerprint density at radius 2 is 1.68 bits per heavy atom. The van der Waals surface area contributed by atoms with Crippen molar-refractivity contribution in [2.75, 3.05) is 10.6 Å². The highest BCUT2D eigenvalue weighted by Gasteiger charge is 2.16. The highest BCUT2D eigenvalue weighted by Crippen LogP contribution is 2.27. The van der Waals surface area contributed by atoms with Gasteiger partial charge in [-0.05, 0) is 37.1 Å². The lowest BCUT2D eigenvalue weighted by molar-refractivity contribution is 0.461. The smallest absolute Gasteiger partial charge is 0.225 e. The van der Waals surface area contributed by atoms with Gasteiger partial charge in [0.15, 0.2) is 0 Å². The first-order valence-electron chi connectivity index (χ1n) is 9.45. The Morgan fingerprint density at radius 1 is 0.893 bits per heavy atom. The number of aromatic nitrogens is 3. The quantitative estimate of drug-likeness (QED) is 0.627. The van der Waals surface area contributed by atoms with Gasteiger partial charge in [-0.3, -0.25) is 4.98 Å². The Kier molecular flexibility index (Phi) is 5.41. The molecule has 1 saturated carbocycles. The van der Waals surface area contributed by atoms with E-state index in [-0.39, 0.29) is 5.69 Å². The molecule has 0 bridgehead atoms.